The van der Waals surface area contributed by atoms with Crippen molar-refractivity contribution in [1.29, 1.82) is 0 Å². The summed E-state index contributed by atoms with van der Waals surface area (Å²) >= 11 is 0. The Morgan fingerprint density at radius 2 is 2.07 bits per heavy atom. The molecule has 2 aromatic rings. The van der Waals surface area contributed by atoms with Gasteiger partial charge < -0.3 is 25.0 Å². The summed E-state index contributed by atoms with van der Waals surface area (Å²) in [4.78, 5) is 25.7. The number of anilines is 2. The van der Waals surface area contributed by atoms with Gasteiger partial charge in [0.25, 0.3) is 0 Å². The smallest absolute Gasteiger partial charge is 0.410 e. The molecule has 142 valence electrons. The maximum absolute atomic E-state index is 12.5. The lowest BCUT2D eigenvalue weighted by Crippen LogP contribution is -2.32. The van der Waals surface area contributed by atoms with Gasteiger partial charge in [0.1, 0.15) is 18.4 Å². The van der Waals surface area contributed by atoms with Gasteiger partial charge in [0.15, 0.2) is 0 Å². The van der Waals surface area contributed by atoms with Crippen molar-refractivity contribution in [2.24, 2.45) is 0 Å². The van der Waals surface area contributed by atoms with Crippen LogP contribution in [0.3, 0.4) is 0 Å². The quantitative estimate of drug-likeness (QED) is 0.784. The number of rotatable bonds is 7. The predicted molar refractivity (Wildman–Crippen MR) is 103 cm³/mol. The van der Waals surface area contributed by atoms with Crippen LogP contribution in [0, 0.1) is 0 Å². The van der Waals surface area contributed by atoms with E-state index >= 15 is 0 Å². The maximum Gasteiger partial charge on any atom is 0.410 e. The Kier molecular flexibility index (Phi) is 5.80. The lowest BCUT2D eigenvalue weighted by atomic mass is 10.1. The molecule has 27 heavy (non-hydrogen) atoms. The standard InChI is InChI=1S/C20H23N3O4/c1-14(19(24)22-17-8-3-4-9-18(17)26-2)21-16-7-5-6-15(12-16)13-23-10-11-27-20(23)25/h3-9,12,14,21H,10-11,13H2,1-2H3,(H,22,24)/t14-/m1/s1. The minimum atomic E-state index is -0.457. The van der Waals surface area contributed by atoms with Crippen molar-refractivity contribution >= 4 is 23.4 Å². The van der Waals surface area contributed by atoms with E-state index in [0.29, 0.717) is 31.1 Å². The summed E-state index contributed by atoms with van der Waals surface area (Å²) in [5, 5.41) is 6.05. The van der Waals surface area contributed by atoms with Gasteiger partial charge in [0.05, 0.1) is 19.3 Å². The van der Waals surface area contributed by atoms with E-state index in [1.807, 2.05) is 36.4 Å². The Morgan fingerprint density at radius 3 is 2.81 bits per heavy atom. The topological polar surface area (TPSA) is 79.9 Å². The van der Waals surface area contributed by atoms with Crippen LogP contribution in [-0.2, 0) is 16.1 Å². The van der Waals surface area contributed by atoms with Crippen molar-refractivity contribution in [1.82, 2.24) is 4.90 Å². The zero-order valence-electron chi connectivity index (χ0n) is 15.4. The van der Waals surface area contributed by atoms with E-state index in [1.54, 1.807) is 31.1 Å². The minimum Gasteiger partial charge on any atom is -0.495 e. The Bertz CT molecular complexity index is 824. The molecule has 0 spiro atoms. The van der Waals surface area contributed by atoms with Crippen molar-refractivity contribution in [3.05, 3.63) is 54.1 Å². The molecule has 1 aliphatic rings. The van der Waals surface area contributed by atoms with Crippen LogP contribution < -0.4 is 15.4 Å². The molecular formula is C20H23N3O4. The largest absolute Gasteiger partial charge is 0.495 e. The molecule has 1 fully saturated rings. The van der Waals surface area contributed by atoms with Crippen molar-refractivity contribution in [3.8, 4) is 5.75 Å². The van der Waals surface area contributed by atoms with Crippen molar-refractivity contribution in [2.75, 3.05) is 30.9 Å². The third kappa shape index (κ3) is 4.69. The molecule has 0 unspecified atom stereocenters. The summed E-state index contributed by atoms with van der Waals surface area (Å²) in [6.07, 6.45) is -0.294. The highest BCUT2D eigenvalue weighted by atomic mass is 16.6. The lowest BCUT2D eigenvalue weighted by molar-refractivity contribution is -0.116. The van der Waals surface area contributed by atoms with E-state index in [0.717, 1.165) is 11.3 Å². The van der Waals surface area contributed by atoms with Crippen LogP contribution in [0.2, 0.25) is 0 Å². The van der Waals surface area contributed by atoms with Gasteiger partial charge in [-0.15, -0.1) is 0 Å². The van der Waals surface area contributed by atoms with Gasteiger partial charge in [-0.05, 0) is 36.8 Å². The van der Waals surface area contributed by atoms with E-state index in [4.69, 9.17) is 9.47 Å². The number of cyclic esters (lactones) is 1. The fourth-order valence-electron chi connectivity index (χ4n) is 2.85. The summed E-state index contributed by atoms with van der Waals surface area (Å²) < 4.78 is 10.2. The van der Waals surface area contributed by atoms with Gasteiger partial charge in [0, 0.05) is 12.2 Å². The molecular weight excluding hydrogens is 346 g/mol. The molecule has 7 nitrogen and oxygen atoms in total. The lowest BCUT2D eigenvalue weighted by Gasteiger charge is -2.18. The minimum absolute atomic E-state index is 0.173. The highest BCUT2D eigenvalue weighted by Crippen LogP contribution is 2.23. The molecule has 0 saturated carbocycles. The fraction of sp³-hybridized carbons (Fsp3) is 0.300. The molecule has 2 N–H and O–H groups in total. The van der Waals surface area contributed by atoms with Crippen LogP contribution in [-0.4, -0.2) is 43.2 Å². The second kappa shape index (κ2) is 8.44. The van der Waals surface area contributed by atoms with Crippen molar-refractivity contribution in [2.45, 2.75) is 19.5 Å². The number of para-hydroxylation sites is 2. The second-order valence-electron chi connectivity index (χ2n) is 6.29. The second-order valence-corrected chi connectivity index (χ2v) is 6.29. The molecule has 0 bridgehead atoms. The van der Waals surface area contributed by atoms with Crippen molar-refractivity contribution < 1.29 is 19.1 Å². The molecule has 3 rings (SSSR count). The van der Waals surface area contributed by atoms with E-state index in [-0.39, 0.29) is 12.0 Å². The zero-order chi connectivity index (χ0) is 19.2. The molecule has 0 radical (unpaired) electrons. The molecule has 0 aliphatic carbocycles. The molecule has 0 aromatic heterocycles. The number of methoxy groups -OCH3 is 1. The summed E-state index contributed by atoms with van der Waals surface area (Å²) in [6.45, 7) is 3.29. The number of carbonyl (C=O) groups is 2. The van der Waals surface area contributed by atoms with Crippen LogP contribution >= 0.6 is 0 Å². The van der Waals surface area contributed by atoms with Crippen LogP contribution in [0.5, 0.6) is 5.75 Å². The van der Waals surface area contributed by atoms with Crippen LogP contribution in [0.4, 0.5) is 16.2 Å². The first-order chi connectivity index (χ1) is 13.1. The normalized spacial score (nSPS) is 14.4. The summed E-state index contributed by atoms with van der Waals surface area (Å²) in [6, 6.07) is 14.5. The van der Waals surface area contributed by atoms with Gasteiger partial charge in [-0.25, -0.2) is 4.79 Å². The highest BCUT2D eigenvalue weighted by molar-refractivity contribution is 5.97. The maximum atomic E-state index is 12.5. The highest BCUT2D eigenvalue weighted by Gasteiger charge is 2.22. The van der Waals surface area contributed by atoms with E-state index in [2.05, 4.69) is 10.6 Å². The molecule has 1 aliphatic heterocycles. The number of ether oxygens (including phenoxy) is 2. The first kappa shape index (κ1) is 18.6. The number of nitrogens with one attached hydrogen (secondary N) is 2. The Balaban J connectivity index is 1.61. The molecule has 2 aromatic carbocycles. The van der Waals surface area contributed by atoms with E-state index < -0.39 is 6.04 Å². The average molecular weight is 369 g/mol. The van der Waals surface area contributed by atoms with Crippen LogP contribution in [0.15, 0.2) is 48.5 Å². The number of amides is 2. The summed E-state index contributed by atoms with van der Waals surface area (Å²) in [7, 11) is 1.56. The number of hydrogen-bond acceptors (Lipinski definition) is 5. The molecule has 2 amide bonds. The molecule has 1 heterocycles. The SMILES string of the molecule is COc1ccccc1NC(=O)[C@@H](C)Nc1cccc(CN2CCOC2=O)c1. The molecule has 1 saturated heterocycles. The van der Waals surface area contributed by atoms with Crippen molar-refractivity contribution in [3.63, 3.8) is 0 Å². The van der Waals surface area contributed by atoms with Crippen LogP contribution in [0.1, 0.15) is 12.5 Å². The molecule has 7 heteroatoms. The predicted octanol–water partition coefficient (Wildman–Crippen LogP) is 3.09. The first-order valence-electron chi connectivity index (χ1n) is 8.78. The zero-order valence-corrected chi connectivity index (χ0v) is 15.4. The Hall–Kier alpha value is -3.22. The third-order valence-corrected chi connectivity index (χ3v) is 4.29. The van der Waals surface area contributed by atoms with Gasteiger partial charge in [-0.2, -0.15) is 0 Å². The summed E-state index contributed by atoms with van der Waals surface area (Å²) in [5.74, 6) is 0.436. The van der Waals surface area contributed by atoms with E-state index in [1.165, 1.54) is 0 Å². The van der Waals surface area contributed by atoms with Gasteiger partial charge in [0.2, 0.25) is 5.91 Å². The van der Waals surface area contributed by atoms with Gasteiger partial charge in [-0.1, -0.05) is 24.3 Å². The monoisotopic (exact) mass is 369 g/mol. The molecule has 1 atom stereocenters. The number of hydrogen-bond donors (Lipinski definition) is 2. The Morgan fingerprint density at radius 1 is 1.26 bits per heavy atom. The van der Waals surface area contributed by atoms with E-state index in [9.17, 15) is 9.59 Å². The number of nitrogens with zero attached hydrogens (tertiary/aromatic N) is 1. The third-order valence-electron chi connectivity index (χ3n) is 4.29. The first-order valence-corrected chi connectivity index (χ1v) is 8.78. The number of carbonyl (C=O) groups excluding carboxylic acids is 2. The van der Waals surface area contributed by atoms with Gasteiger partial charge >= 0.3 is 6.09 Å². The Labute approximate surface area is 158 Å². The number of benzene rings is 2. The average Bonchev–Trinajstić information content (AvgIpc) is 3.07. The summed E-state index contributed by atoms with van der Waals surface area (Å²) in [5.41, 5.74) is 2.40. The van der Waals surface area contributed by atoms with Crippen LogP contribution in [0.25, 0.3) is 0 Å². The fourth-order valence-corrected chi connectivity index (χ4v) is 2.85. The van der Waals surface area contributed by atoms with Gasteiger partial charge in [-0.3, -0.25) is 4.79 Å².